The van der Waals surface area contributed by atoms with Crippen molar-refractivity contribution in [3.8, 4) is 0 Å². The highest BCUT2D eigenvalue weighted by atomic mass is 16.2. The van der Waals surface area contributed by atoms with E-state index in [0.717, 1.165) is 42.4 Å². The maximum Gasteiger partial charge on any atom is 0.259 e. The first-order valence-corrected chi connectivity index (χ1v) is 10.9. The van der Waals surface area contributed by atoms with Crippen LogP contribution in [0.25, 0.3) is 10.9 Å². The Kier molecular flexibility index (Phi) is 4.45. The number of hydrogen-bond acceptors (Lipinski definition) is 5. The summed E-state index contributed by atoms with van der Waals surface area (Å²) in [6.45, 7) is 0. The van der Waals surface area contributed by atoms with Crippen molar-refractivity contribution in [1.29, 1.82) is 0 Å². The first-order chi connectivity index (χ1) is 14.1. The van der Waals surface area contributed by atoms with E-state index >= 15 is 0 Å². The van der Waals surface area contributed by atoms with Gasteiger partial charge in [0.2, 0.25) is 0 Å². The Bertz CT molecular complexity index is 963. The number of aromatic nitrogens is 1. The summed E-state index contributed by atoms with van der Waals surface area (Å²) in [6, 6.07) is 12.1. The maximum atomic E-state index is 13.5. The highest BCUT2D eigenvalue weighted by molar-refractivity contribution is 6.07. The number of amides is 1. The highest BCUT2D eigenvalue weighted by Crippen LogP contribution is 2.50. The SMILES string of the molecule is CN1C(=O)[C@](C2CC2)(C(Nc2ccc3ccccc3n2)C2CCCCC2)N=C1N. The number of nitrogens with zero attached hydrogens (tertiary/aromatic N) is 3. The van der Waals surface area contributed by atoms with E-state index < -0.39 is 5.54 Å². The molecule has 0 bridgehead atoms. The minimum absolute atomic E-state index is 0.0429. The zero-order chi connectivity index (χ0) is 20.0. The second-order valence-corrected chi connectivity index (χ2v) is 8.84. The molecule has 2 aliphatic carbocycles. The van der Waals surface area contributed by atoms with E-state index in [1.165, 1.54) is 19.3 Å². The van der Waals surface area contributed by atoms with Crippen LogP contribution in [0.4, 0.5) is 5.82 Å². The molecule has 2 saturated carbocycles. The molecule has 1 amide bonds. The van der Waals surface area contributed by atoms with Gasteiger partial charge in [-0.3, -0.25) is 9.69 Å². The molecule has 3 aliphatic rings. The van der Waals surface area contributed by atoms with Crippen molar-refractivity contribution in [3.63, 3.8) is 0 Å². The number of anilines is 1. The zero-order valence-corrected chi connectivity index (χ0v) is 17.0. The second kappa shape index (κ2) is 7.01. The third-order valence-corrected chi connectivity index (χ3v) is 6.99. The lowest BCUT2D eigenvalue weighted by molar-refractivity contribution is -0.132. The molecule has 1 unspecified atom stereocenters. The van der Waals surface area contributed by atoms with Crippen LogP contribution in [0.1, 0.15) is 44.9 Å². The summed E-state index contributed by atoms with van der Waals surface area (Å²) in [5.41, 5.74) is 6.32. The molecule has 2 atom stereocenters. The lowest BCUT2D eigenvalue weighted by atomic mass is 9.72. The number of aliphatic imine (C=N–C) groups is 1. The quantitative estimate of drug-likeness (QED) is 0.817. The Labute approximate surface area is 171 Å². The molecule has 5 rings (SSSR count). The van der Waals surface area contributed by atoms with E-state index in [1.807, 2.05) is 24.3 Å². The number of para-hydroxylation sites is 1. The molecule has 152 valence electrons. The molecule has 0 spiro atoms. The molecule has 1 aromatic heterocycles. The van der Waals surface area contributed by atoms with Gasteiger partial charge in [0.15, 0.2) is 11.5 Å². The van der Waals surface area contributed by atoms with E-state index in [1.54, 1.807) is 11.9 Å². The zero-order valence-electron chi connectivity index (χ0n) is 17.0. The van der Waals surface area contributed by atoms with Gasteiger partial charge in [0, 0.05) is 12.4 Å². The van der Waals surface area contributed by atoms with Gasteiger partial charge in [0.25, 0.3) is 5.91 Å². The summed E-state index contributed by atoms with van der Waals surface area (Å²) >= 11 is 0. The number of benzene rings is 1. The predicted octanol–water partition coefficient (Wildman–Crippen LogP) is 3.53. The maximum absolute atomic E-state index is 13.5. The van der Waals surface area contributed by atoms with Crippen molar-refractivity contribution in [1.82, 2.24) is 9.88 Å². The fourth-order valence-electron chi connectivity index (χ4n) is 5.29. The van der Waals surface area contributed by atoms with Gasteiger partial charge in [-0.2, -0.15) is 0 Å². The van der Waals surface area contributed by atoms with Crippen LogP contribution in [0, 0.1) is 11.8 Å². The van der Waals surface area contributed by atoms with Crippen LogP contribution in [0.3, 0.4) is 0 Å². The number of fused-ring (bicyclic) bond motifs is 1. The van der Waals surface area contributed by atoms with E-state index in [-0.39, 0.29) is 17.9 Å². The van der Waals surface area contributed by atoms with Crippen LogP contribution in [0.15, 0.2) is 41.4 Å². The monoisotopic (exact) mass is 391 g/mol. The summed E-state index contributed by atoms with van der Waals surface area (Å²) in [4.78, 5) is 24.7. The van der Waals surface area contributed by atoms with Crippen LogP contribution in [0.2, 0.25) is 0 Å². The molecular formula is C23H29N5O. The van der Waals surface area contributed by atoms with Gasteiger partial charge in [0.05, 0.1) is 11.6 Å². The molecule has 3 N–H and O–H groups in total. The minimum atomic E-state index is -0.797. The summed E-state index contributed by atoms with van der Waals surface area (Å²) < 4.78 is 0. The van der Waals surface area contributed by atoms with E-state index in [2.05, 4.69) is 17.4 Å². The van der Waals surface area contributed by atoms with Crippen LogP contribution >= 0.6 is 0 Å². The summed E-state index contributed by atoms with van der Waals surface area (Å²) in [5, 5.41) is 4.81. The van der Waals surface area contributed by atoms with Gasteiger partial charge in [0.1, 0.15) is 5.82 Å². The van der Waals surface area contributed by atoms with Gasteiger partial charge < -0.3 is 11.1 Å². The first-order valence-electron chi connectivity index (χ1n) is 10.9. The third-order valence-electron chi connectivity index (χ3n) is 6.99. The third kappa shape index (κ3) is 3.05. The van der Waals surface area contributed by atoms with Gasteiger partial charge in [-0.05, 0) is 55.7 Å². The van der Waals surface area contributed by atoms with Crippen molar-refractivity contribution in [2.45, 2.75) is 56.5 Å². The molecule has 2 aromatic rings. The molecule has 1 aliphatic heterocycles. The number of carbonyl (C=O) groups is 1. The van der Waals surface area contributed by atoms with Crippen LogP contribution in [-0.2, 0) is 4.79 Å². The largest absolute Gasteiger partial charge is 0.369 e. The van der Waals surface area contributed by atoms with E-state index in [9.17, 15) is 4.79 Å². The van der Waals surface area contributed by atoms with Gasteiger partial charge in [-0.25, -0.2) is 9.98 Å². The predicted molar refractivity (Wildman–Crippen MR) is 116 cm³/mol. The Morgan fingerprint density at radius 3 is 2.55 bits per heavy atom. The number of nitrogens with one attached hydrogen (secondary N) is 1. The summed E-state index contributed by atoms with van der Waals surface area (Å²) in [6.07, 6.45) is 7.99. The number of pyridine rings is 1. The molecule has 2 fully saturated rings. The molecule has 6 nitrogen and oxygen atoms in total. The van der Waals surface area contributed by atoms with Crippen molar-refractivity contribution in [3.05, 3.63) is 36.4 Å². The second-order valence-electron chi connectivity index (χ2n) is 8.84. The molecule has 0 radical (unpaired) electrons. The fraction of sp³-hybridized carbons (Fsp3) is 0.522. The first kappa shape index (κ1) is 18.4. The average Bonchev–Trinajstić information content (AvgIpc) is 3.58. The summed E-state index contributed by atoms with van der Waals surface area (Å²) in [5.74, 6) is 1.86. The molecule has 2 heterocycles. The van der Waals surface area contributed by atoms with Gasteiger partial charge in [-0.1, -0.05) is 37.5 Å². The number of hydrogen-bond donors (Lipinski definition) is 2. The highest BCUT2D eigenvalue weighted by Gasteiger charge is 2.62. The standard InChI is InChI=1S/C23H29N5O/c1-28-21(29)23(17-12-13-17,27-22(28)24)20(16-8-3-2-4-9-16)26-19-14-11-15-7-5-6-10-18(15)25-19/h5-7,10-11,14,16-17,20H,2-4,8-9,12-13H2,1H3,(H2,24,27)(H,25,26)/t20?,23-/m0/s1. The number of rotatable bonds is 5. The Morgan fingerprint density at radius 2 is 1.86 bits per heavy atom. The number of likely N-dealkylation sites (N-methyl/N-ethyl adjacent to an activating group) is 1. The van der Waals surface area contributed by atoms with Crippen LogP contribution < -0.4 is 11.1 Å². The molecule has 1 aromatic carbocycles. The molecule has 0 saturated heterocycles. The van der Waals surface area contributed by atoms with E-state index in [4.69, 9.17) is 15.7 Å². The fourth-order valence-corrected chi connectivity index (χ4v) is 5.29. The van der Waals surface area contributed by atoms with Gasteiger partial charge in [-0.15, -0.1) is 0 Å². The average molecular weight is 392 g/mol. The number of carbonyl (C=O) groups excluding carboxylic acids is 1. The normalized spacial score (nSPS) is 26.6. The Morgan fingerprint density at radius 1 is 1.10 bits per heavy atom. The molecule has 29 heavy (non-hydrogen) atoms. The molecular weight excluding hydrogens is 362 g/mol. The van der Waals surface area contributed by atoms with Crippen molar-refractivity contribution in [2.75, 3.05) is 12.4 Å². The molecule has 6 heteroatoms. The van der Waals surface area contributed by atoms with Crippen molar-refractivity contribution >= 4 is 28.6 Å². The topological polar surface area (TPSA) is 83.6 Å². The number of nitrogens with two attached hydrogens (primary N) is 1. The van der Waals surface area contributed by atoms with Crippen LogP contribution in [-0.4, -0.2) is 40.4 Å². The lowest BCUT2D eigenvalue weighted by Crippen LogP contribution is -2.57. The van der Waals surface area contributed by atoms with Crippen LogP contribution in [0.5, 0.6) is 0 Å². The lowest BCUT2D eigenvalue weighted by Gasteiger charge is -2.41. The Balaban J connectivity index is 1.56. The van der Waals surface area contributed by atoms with E-state index in [0.29, 0.717) is 11.9 Å². The van der Waals surface area contributed by atoms with Crippen molar-refractivity contribution in [2.24, 2.45) is 22.6 Å². The van der Waals surface area contributed by atoms with Crippen molar-refractivity contribution < 1.29 is 4.79 Å². The number of guanidine groups is 1. The van der Waals surface area contributed by atoms with Gasteiger partial charge >= 0.3 is 0 Å². The minimum Gasteiger partial charge on any atom is -0.369 e. The Hall–Kier alpha value is -2.63. The summed E-state index contributed by atoms with van der Waals surface area (Å²) in [7, 11) is 1.75. The smallest absolute Gasteiger partial charge is 0.259 e.